The molecule has 3 aromatic rings. The van der Waals surface area contributed by atoms with Crippen LogP contribution in [-0.4, -0.2) is 21.4 Å². The van der Waals surface area contributed by atoms with Crippen LogP contribution in [0.25, 0.3) is 16.7 Å². The van der Waals surface area contributed by atoms with Crippen LogP contribution in [0.4, 0.5) is 0 Å². The minimum atomic E-state index is -0.159. The molecule has 0 N–H and O–H groups in total. The van der Waals surface area contributed by atoms with Crippen molar-refractivity contribution in [3.05, 3.63) is 48.5 Å². The number of nitriles is 1. The Labute approximate surface area is 139 Å². The van der Waals surface area contributed by atoms with Gasteiger partial charge in [-0.05, 0) is 50.2 Å². The molecule has 0 bridgehead atoms. The molecule has 0 aliphatic rings. The molecule has 0 aliphatic carbocycles. The van der Waals surface area contributed by atoms with E-state index in [4.69, 9.17) is 10.00 Å². The van der Waals surface area contributed by atoms with E-state index in [2.05, 4.69) is 15.6 Å². The molecule has 116 valence electrons. The molecule has 0 saturated heterocycles. The van der Waals surface area contributed by atoms with Gasteiger partial charge in [-0.1, -0.05) is 23.9 Å². The maximum Gasteiger partial charge on any atom is 0.174 e. The van der Waals surface area contributed by atoms with Gasteiger partial charge < -0.3 is 4.74 Å². The molecular weight excluding hydrogens is 306 g/mol. The number of ether oxygens (including phenoxy) is 1. The largest absolute Gasteiger partial charge is 0.494 e. The summed E-state index contributed by atoms with van der Waals surface area (Å²) < 4.78 is 7.59. The molecule has 0 unspecified atom stereocenters. The summed E-state index contributed by atoms with van der Waals surface area (Å²) in [5.74, 6) is 0.847. The van der Waals surface area contributed by atoms with E-state index in [0.717, 1.165) is 27.6 Å². The number of hydrogen-bond donors (Lipinski definition) is 0. The fourth-order valence-electron chi connectivity index (χ4n) is 2.38. The van der Waals surface area contributed by atoms with Crippen LogP contribution in [0.3, 0.4) is 0 Å². The van der Waals surface area contributed by atoms with Gasteiger partial charge in [0.2, 0.25) is 0 Å². The molecule has 0 radical (unpaired) electrons. The summed E-state index contributed by atoms with van der Waals surface area (Å²) >= 11 is 1.46. The van der Waals surface area contributed by atoms with Gasteiger partial charge in [-0.2, -0.15) is 5.26 Å². The summed E-state index contributed by atoms with van der Waals surface area (Å²) in [6, 6.07) is 18.2. The quantitative estimate of drug-likeness (QED) is 0.652. The monoisotopic (exact) mass is 323 g/mol. The van der Waals surface area contributed by atoms with Gasteiger partial charge in [-0.25, -0.2) is 4.98 Å². The zero-order chi connectivity index (χ0) is 16.2. The number of aromatic nitrogens is 2. The van der Waals surface area contributed by atoms with Crippen molar-refractivity contribution >= 4 is 22.8 Å². The van der Waals surface area contributed by atoms with E-state index in [-0.39, 0.29) is 5.25 Å². The van der Waals surface area contributed by atoms with Crippen LogP contribution in [-0.2, 0) is 0 Å². The molecule has 3 rings (SSSR count). The van der Waals surface area contributed by atoms with Crippen molar-refractivity contribution in [2.75, 3.05) is 6.61 Å². The predicted molar refractivity (Wildman–Crippen MR) is 93.2 cm³/mol. The summed E-state index contributed by atoms with van der Waals surface area (Å²) in [6.45, 7) is 4.50. The number of thioether (sulfide) groups is 1. The second kappa shape index (κ2) is 6.76. The van der Waals surface area contributed by atoms with Crippen LogP contribution in [0.2, 0.25) is 0 Å². The lowest BCUT2D eigenvalue weighted by Gasteiger charge is -2.10. The molecule has 23 heavy (non-hydrogen) atoms. The van der Waals surface area contributed by atoms with Gasteiger partial charge in [0.1, 0.15) is 5.75 Å². The van der Waals surface area contributed by atoms with Crippen molar-refractivity contribution in [2.24, 2.45) is 0 Å². The molecule has 1 atom stereocenters. The van der Waals surface area contributed by atoms with E-state index in [9.17, 15) is 0 Å². The first-order valence-electron chi connectivity index (χ1n) is 7.50. The summed E-state index contributed by atoms with van der Waals surface area (Å²) in [6.07, 6.45) is 0. The highest BCUT2D eigenvalue weighted by atomic mass is 32.2. The van der Waals surface area contributed by atoms with E-state index in [1.807, 2.05) is 62.4 Å². The summed E-state index contributed by atoms with van der Waals surface area (Å²) in [7, 11) is 0. The van der Waals surface area contributed by atoms with Gasteiger partial charge in [0.25, 0.3) is 0 Å². The Hall–Kier alpha value is -2.45. The van der Waals surface area contributed by atoms with Gasteiger partial charge >= 0.3 is 0 Å². The highest BCUT2D eigenvalue weighted by Gasteiger charge is 2.15. The third kappa shape index (κ3) is 3.17. The van der Waals surface area contributed by atoms with Crippen molar-refractivity contribution in [1.29, 1.82) is 5.26 Å². The lowest BCUT2D eigenvalue weighted by Crippen LogP contribution is -2.00. The molecule has 0 fully saturated rings. The minimum Gasteiger partial charge on any atom is -0.494 e. The zero-order valence-electron chi connectivity index (χ0n) is 13.1. The van der Waals surface area contributed by atoms with Crippen molar-refractivity contribution < 1.29 is 4.74 Å². The Morgan fingerprint density at radius 2 is 1.96 bits per heavy atom. The molecule has 0 spiro atoms. The SMILES string of the molecule is CCOc1ccc(-n2c(S[C@H](C)C#N)nc3ccccc32)cc1. The number of benzene rings is 2. The lowest BCUT2D eigenvalue weighted by atomic mass is 10.2. The third-order valence-corrected chi connectivity index (χ3v) is 4.34. The van der Waals surface area contributed by atoms with Crippen molar-refractivity contribution in [3.8, 4) is 17.5 Å². The molecule has 0 aliphatic heterocycles. The van der Waals surface area contributed by atoms with Crippen LogP contribution < -0.4 is 4.74 Å². The Balaban J connectivity index is 2.10. The summed E-state index contributed by atoms with van der Waals surface area (Å²) in [5.41, 5.74) is 2.97. The Morgan fingerprint density at radius 1 is 1.22 bits per heavy atom. The number of para-hydroxylation sites is 2. The third-order valence-electron chi connectivity index (χ3n) is 3.40. The lowest BCUT2D eigenvalue weighted by molar-refractivity contribution is 0.340. The number of fused-ring (bicyclic) bond motifs is 1. The Bertz CT molecular complexity index is 849. The zero-order valence-corrected chi connectivity index (χ0v) is 13.9. The summed E-state index contributed by atoms with van der Waals surface area (Å²) in [4.78, 5) is 4.68. The molecule has 1 heterocycles. The molecule has 2 aromatic carbocycles. The Kier molecular flexibility index (Phi) is 4.54. The maximum absolute atomic E-state index is 9.10. The average molecular weight is 323 g/mol. The normalized spacial score (nSPS) is 12.0. The van der Waals surface area contributed by atoms with Crippen molar-refractivity contribution in [1.82, 2.24) is 9.55 Å². The van der Waals surface area contributed by atoms with E-state index < -0.39 is 0 Å². The second-order valence-corrected chi connectivity index (χ2v) is 6.34. The van der Waals surface area contributed by atoms with Crippen LogP contribution in [0.1, 0.15) is 13.8 Å². The van der Waals surface area contributed by atoms with Gasteiger partial charge in [-0.15, -0.1) is 0 Å². The topological polar surface area (TPSA) is 50.8 Å². The molecule has 4 nitrogen and oxygen atoms in total. The van der Waals surface area contributed by atoms with Crippen molar-refractivity contribution in [2.45, 2.75) is 24.3 Å². The van der Waals surface area contributed by atoms with Gasteiger partial charge in [0.15, 0.2) is 5.16 Å². The number of hydrogen-bond acceptors (Lipinski definition) is 4. The number of rotatable bonds is 5. The fraction of sp³-hybridized carbons (Fsp3) is 0.222. The standard InChI is InChI=1S/C18H17N3OS/c1-3-22-15-10-8-14(9-11-15)21-17-7-5-4-6-16(17)20-18(21)23-13(2)12-19/h4-11,13H,3H2,1-2H3/t13-/m1/s1. The van der Waals surface area contributed by atoms with Gasteiger partial charge in [0.05, 0.1) is 29.0 Å². The van der Waals surface area contributed by atoms with Gasteiger partial charge in [-0.3, -0.25) is 4.57 Å². The van der Waals surface area contributed by atoms with Gasteiger partial charge in [0, 0.05) is 5.69 Å². The first-order chi connectivity index (χ1) is 11.2. The van der Waals surface area contributed by atoms with E-state index in [1.54, 1.807) is 0 Å². The van der Waals surface area contributed by atoms with Crippen LogP contribution >= 0.6 is 11.8 Å². The van der Waals surface area contributed by atoms with Crippen molar-refractivity contribution in [3.63, 3.8) is 0 Å². The molecule has 0 amide bonds. The van der Waals surface area contributed by atoms with E-state index in [1.165, 1.54) is 11.8 Å². The summed E-state index contributed by atoms with van der Waals surface area (Å²) in [5, 5.41) is 9.77. The second-order valence-electron chi connectivity index (χ2n) is 5.03. The van der Waals surface area contributed by atoms with Crippen LogP contribution in [0.5, 0.6) is 5.75 Å². The molecule has 0 saturated carbocycles. The van der Waals surface area contributed by atoms with Crippen LogP contribution in [0, 0.1) is 11.3 Å². The minimum absolute atomic E-state index is 0.159. The Morgan fingerprint density at radius 3 is 2.65 bits per heavy atom. The first kappa shape index (κ1) is 15.4. The molecular formula is C18H17N3OS. The highest BCUT2D eigenvalue weighted by molar-refractivity contribution is 8.00. The average Bonchev–Trinajstić information content (AvgIpc) is 2.93. The number of nitrogens with zero attached hydrogens (tertiary/aromatic N) is 3. The van der Waals surface area contributed by atoms with E-state index >= 15 is 0 Å². The molecule has 5 heteroatoms. The van der Waals surface area contributed by atoms with Crippen LogP contribution in [0.15, 0.2) is 53.7 Å². The number of imidazole rings is 1. The molecule has 1 aromatic heterocycles. The highest BCUT2D eigenvalue weighted by Crippen LogP contribution is 2.30. The fourth-order valence-corrected chi connectivity index (χ4v) is 3.20. The predicted octanol–water partition coefficient (Wildman–Crippen LogP) is 4.43. The van der Waals surface area contributed by atoms with E-state index in [0.29, 0.717) is 6.61 Å². The smallest absolute Gasteiger partial charge is 0.174 e. The first-order valence-corrected chi connectivity index (χ1v) is 8.38. The maximum atomic E-state index is 9.10.